The molecule has 2 rings (SSSR count). The number of nitrogens with two attached hydrogens (primary N) is 1. The number of hydrogen-bond donors (Lipinski definition) is 1. The Hall–Kier alpha value is -0.840. The quantitative estimate of drug-likeness (QED) is 0.853. The van der Waals surface area contributed by atoms with Crippen LogP contribution in [0, 0.1) is 0 Å². The Morgan fingerprint density at radius 3 is 2.62 bits per heavy atom. The zero-order valence-corrected chi connectivity index (χ0v) is 15.0. The van der Waals surface area contributed by atoms with Gasteiger partial charge in [-0.3, -0.25) is 4.68 Å². The standard InChI is InChI=1S/C16H21BrClN3/c1-4-12-9-13(21(5-2)20-12)10-16(3,19)14-7-6-11(17)8-15(14)18/h6-9H,4-5,10,19H2,1-3H3. The fraction of sp³-hybridized carbons (Fsp3) is 0.438. The predicted octanol–water partition coefficient (Wildman–Crippen LogP) is 4.30. The molecule has 0 aliphatic heterocycles. The van der Waals surface area contributed by atoms with Crippen molar-refractivity contribution in [3.63, 3.8) is 0 Å². The summed E-state index contributed by atoms with van der Waals surface area (Å²) in [7, 11) is 0. The Morgan fingerprint density at radius 2 is 2.05 bits per heavy atom. The molecule has 1 heterocycles. The molecule has 0 bridgehead atoms. The molecule has 1 aromatic carbocycles. The van der Waals surface area contributed by atoms with E-state index in [4.69, 9.17) is 17.3 Å². The van der Waals surface area contributed by atoms with Gasteiger partial charge in [0.25, 0.3) is 0 Å². The van der Waals surface area contributed by atoms with Crippen LogP contribution in [0.4, 0.5) is 0 Å². The van der Waals surface area contributed by atoms with Crippen molar-refractivity contribution in [3.05, 3.63) is 50.7 Å². The zero-order chi connectivity index (χ0) is 15.6. The Kier molecular flexibility index (Phi) is 5.12. The number of nitrogens with zero attached hydrogens (tertiary/aromatic N) is 2. The van der Waals surface area contributed by atoms with Crippen LogP contribution in [0.3, 0.4) is 0 Å². The molecule has 1 atom stereocenters. The van der Waals surface area contributed by atoms with E-state index in [0.29, 0.717) is 11.4 Å². The average Bonchev–Trinajstić information content (AvgIpc) is 2.79. The van der Waals surface area contributed by atoms with E-state index in [9.17, 15) is 0 Å². The van der Waals surface area contributed by atoms with Gasteiger partial charge in [-0.05, 0) is 44.0 Å². The van der Waals surface area contributed by atoms with Gasteiger partial charge in [0.1, 0.15) is 0 Å². The summed E-state index contributed by atoms with van der Waals surface area (Å²) in [5, 5.41) is 5.27. The largest absolute Gasteiger partial charge is 0.321 e. The van der Waals surface area contributed by atoms with Crippen LogP contribution >= 0.6 is 27.5 Å². The van der Waals surface area contributed by atoms with Crippen molar-refractivity contribution in [3.8, 4) is 0 Å². The topological polar surface area (TPSA) is 43.8 Å². The van der Waals surface area contributed by atoms with Crippen molar-refractivity contribution in [2.24, 2.45) is 5.73 Å². The minimum Gasteiger partial charge on any atom is -0.321 e. The van der Waals surface area contributed by atoms with Crippen LogP contribution in [0.15, 0.2) is 28.7 Å². The van der Waals surface area contributed by atoms with Gasteiger partial charge in [-0.1, -0.05) is 40.5 Å². The van der Waals surface area contributed by atoms with Gasteiger partial charge in [0.05, 0.1) is 5.69 Å². The maximum absolute atomic E-state index is 6.55. The predicted molar refractivity (Wildman–Crippen MR) is 91.7 cm³/mol. The average molecular weight is 371 g/mol. The van der Waals surface area contributed by atoms with Crippen molar-refractivity contribution in [2.75, 3.05) is 0 Å². The summed E-state index contributed by atoms with van der Waals surface area (Å²) in [4.78, 5) is 0. The molecule has 3 nitrogen and oxygen atoms in total. The van der Waals surface area contributed by atoms with Crippen LogP contribution < -0.4 is 5.73 Å². The van der Waals surface area contributed by atoms with Crippen LogP contribution in [0.1, 0.15) is 37.7 Å². The molecule has 1 unspecified atom stereocenters. The Balaban J connectivity index is 2.34. The summed E-state index contributed by atoms with van der Waals surface area (Å²) >= 11 is 9.78. The minimum atomic E-state index is -0.532. The van der Waals surface area contributed by atoms with E-state index in [1.54, 1.807) is 0 Å². The highest BCUT2D eigenvalue weighted by Crippen LogP contribution is 2.31. The summed E-state index contributed by atoms with van der Waals surface area (Å²) in [5.41, 5.74) is 9.23. The number of benzene rings is 1. The number of aromatic nitrogens is 2. The van der Waals surface area contributed by atoms with E-state index in [1.165, 1.54) is 0 Å². The molecule has 0 aliphatic rings. The Bertz CT molecular complexity index is 634. The molecule has 0 fully saturated rings. The van der Waals surface area contributed by atoms with Gasteiger partial charge >= 0.3 is 0 Å². The van der Waals surface area contributed by atoms with E-state index >= 15 is 0 Å². The van der Waals surface area contributed by atoms with Crippen LogP contribution in [-0.2, 0) is 24.9 Å². The molecule has 1 aromatic heterocycles. The fourth-order valence-corrected chi connectivity index (χ4v) is 3.42. The number of aryl methyl sites for hydroxylation is 2. The zero-order valence-electron chi connectivity index (χ0n) is 12.7. The first-order chi connectivity index (χ1) is 9.87. The maximum Gasteiger partial charge on any atom is 0.0624 e. The van der Waals surface area contributed by atoms with Crippen molar-refractivity contribution < 1.29 is 0 Å². The van der Waals surface area contributed by atoms with Crippen LogP contribution in [0.5, 0.6) is 0 Å². The van der Waals surface area contributed by atoms with Gasteiger partial charge in [-0.15, -0.1) is 0 Å². The van der Waals surface area contributed by atoms with Crippen molar-refractivity contribution in [1.29, 1.82) is 0 Å². The molecule has 0 saturated carbocycles. The number of rotatable bonds is 5. The lowest BCUT2D eigenvalue weighted by atomic mass is 9.88. The van der Waals surface area contributed by atoms with E-state index < -0.39 is 5.54 Å². The van der Waals surface area contributed by atoms with Crippen molar-refractivity contribution in [2.45, 2.75) is 45.7 Å². The lowest BCUT2D eigenvalue weighted by molar-refractivity contribution is 0.464. The molecule has 0 spiro atoms. The van der Waals surface area contributed by atoms with E-state index in [-0.39, 0.29) is 0 Å². The minimum absolute atomic E-state index is 0.532. The van der Waals surface area contributed by atoms with Gasteiger partial charge in [-0.25, -0.2) is 0 Å². The molecule has 0 aliphatic carbocycles. The number of halogens is 2. The van der Waals surface area contributed by atoms with Crippen LogP contribution in [0.2, 0.25) is 5.02 Å². The molecular formula is C16H21BrClN3. The lowest BCUT2D eigenvalue weighted by Crippen LogP contribution is -2.36. The highest BCUT2D eigenvalue weighted by molar-refractivity contribution is 9.10. The number of hydrogen-bond acceptors (Lipinski definition) is 2. The normalized spacial score (nSPS) is 14.2. The summed E-state index contributed by atoms with van der Waals surface area (Å²) in [6, 6.07) is 7.98. The van der Waals surface area contributed by atoms with Gasteiger partial charge in [-0.2, -0.15) is 5.10 Å². The molecule has 0 radical (unpaired) electrons. The van der Waals surface area contributed by atoms with Crippen LogP contribution in [-0.4, -0.2) is 9.78 Å². The third kappa shape index (κ3) is 3.68. The maximum atomic E-state index is 6.55. The Labute approximate surface area is 139 Å². The molecule has 5 heteroatoms. The van der Waals surface area contributed by atoms with Gasteiger partial charge in [0.15, 0.2) is 0 Å². The first-order valence-electron chi connectivity index (χ1n) is 7.17. The van der Waals surface area contributed by atoms with E-state index in [1.807, 2.05) is 29.8 Å². The third-order valence-electron chi connectivity index (χ3n) is 3.67. The fourth-order valence-electron chi connectivity index (χ4n) is 2.53. The third-order valence-corrected chi connectivity index (χ3v) is 4.48. The summed E-state index contributed by atoms with van der Waals surface area (Å²) in [6.07, 6.45) is 1.63. The molecular weight excluding hydrogens is 350 g/mol. The SMILES string of the molecule is CCc1cc(CC(C)(N)c2ccc(Br)cc2Cl)n(CC)n1. The van der Waals surface area contributed by atoms with Crippen molar-refractivity contribution in [1.82, 2.24) is 9.78 Å². The molecule has 2 N–H and O–H groups in total. The summed E-state index contributed by atoms with van der Waals surface area (Å²) in [6.45, 7) is 7.07. The summed E-state index contributed by atoms with van der Waals surface area (Å²) < 4.78 is 2.98. The van der Waals surface area contributed by atoms with Crippen molar-refractivity contribution >= 4 is 27.5 Å². The Morgan fingerprint density at radius 1 is 1.33 bits per heavy atom. The second-order valence-corrected chi connectivity index (χ2v) is 6.84. The highest BCUT2D eigenvalue weighted by atomic mass is 79.9. The smallest absolute Gasteiger partial charge is 0.0624 e. The van der Waals surface area contributed by atoms with Gasteiger partial charge < -0.3 is 5.73 Å². The van der Waals surface area contributed by atoms with E-state index in [0.717, 1.165) is 34.4 Å². The van der Waals surface area contributed by atoms with Gasteiger partial charge in [0, 0.05) is 33.7 Å². The first kappa shape index (κ1) is 16.5. The van der Waals surface area contributed by atoms with Gasteiger partial charge in [0.2, 0.25) is 0 Å². The molecule has 114 valence electrons. The first-order valence-corrected chi connectivity index (χ1v) is 8.34. The molecule has 0 amide bonds. The molecule has 0 saturated heterocycles. The monoisotopic (exact) mass is 369 g/mol. The molecule has 2 aromatic rings. The summed E-state index contributed by atoms with van der Waals surface area (Å²) in [5.74, 6) is 0. The lowest BCUT2D eigenvalue weighted by Gasteiger charge is -2.26. The highest BCUT2D eigenvalue weighted by Gasteiger charge is 2.26. The van der Waals surface area contributed by atoms with Crippen LogP contribution in [0.25, 0.3) is 0 Å². The second kappa shape index (κ2) is 6.51. The van der Waals surface area contributed by atoms with E-state index in [2.05, 4.69) is 40.9 Å². The second-order valence-electron chi connectivity index (χ2n) is 5.51. The molecule has 21 heavy (non-hydrogen) atoms.